The molecule has 1 heteroatoms. The molecule has 0 aromatic heterocycles. The van der Waals surface area contributed by atoms with Crippen molar-refractivity contribution in [1.29, 1.82) is 0 Å². The van der Waals surface area contributed by atoms with Gasteiger partial charge in [-0.3, -0.25) is 0 Å². The number of benzene rings is 2. The van der Waals surface area contributed by atoms with Gasteiger partial charge in [0.05, 0.1) is 0 Å². The molecular weight excluding hydrogens is 242 g/mol. The monoisotopic (exact) mass is 267 g/mol. The Kier molecular flexibility index (Phi) is 5.37. The van der Waals surface area contributed by atoms with Crippen LogP contribution in [0.25, 0.3) is 0 Å². The summed E-state index contributed by atoms with van der Waals surface area (Å²) in [6.07, 6.45) is 2.21. The molecule has 1 unspecified atom stereocenters. The van der Waals surface area contributed by atoms with E-state index >= 15 is 0 Å². The Morgan fingerprint density at radius 3 is 1.70 bits per heavy atom. The quantitative estimate of drug-likeness (QED) is 0.802. The fourth-order valence-electron chi connectivity index (χ4n) is 2.32. The van der Waals surface area contributed by atoms with E-state index in [4.69, 9.17) is 0 Å². The maximum atomic E-state index is 3.59. The van der Waals surface area contributed by atoms with Crippen LogP contribution in [0, 0.1) is 0 Å². The first-order valence-corrected chi connectivity index (χ1v) is 7.63. The van der Waals surface area contributed by atoms with Crippen LogP contribution in [-0.4, -0.2) is 0 Å². The highest BCUT2D eigenvalue weighted by Crippen LogP contribution is 2.15. The minimum Gasteiger partial charge on any atom is -0.306 e. The highest BCUT2D eigenvalue weighted by molar-refractivity contribution is 5.25. The highest BCUT2D eigenvalue weighted by atomic mass is 14.9. The second kappa shape index (κ2) is 7.25. The number of rotatable bonds is 6. The lowest BCUT2D eigenvalue weighted by molar-refractivity contribution is 0.574. The van der Waals surface area contributed by atoms with Crippen LogP contribution in [0.15, 0.2) is 48.5 Å². The number of hydrogen-bond acceptors (Lipinski definition) is 1. The van der Waals surface area contributed by atoms with Gasteiger partial charge in [0.2, 0.25) is 0 Å². The summed E-state index contributed by atoms with van der Waals surface area (Å²) in [5.41, 5.74) is 5.50. The summed E-state index contributed by atoms with van der Waals surface area (Å²) in [5, 5.41) is 3.59. The lowest BCUT2D eigenvalue weighted by Crippen LogP contribution is -2.18. The molecule has 2 rings (SSSR count). The zero-order valence-corrected chi connectivity index (χ0v) is 12.8. The maximum Gasteiger partial charge on any atom is 0.0294 e. The van der Waals surface area contributed by atoms with Crippen molar-refractivity contribution >= 4 is 0 Å². The number of nitrogens with one attached hydrogen (secondary N) is 1. The van der Waals surface area contributed by atoms with Crippen LogP contribution in [0.5, 0.6) is 0 Å². The van der Waals surface area contributed by atoms with Crippen LogP contribution in [0.4, 0.5) is 0 Å². The van der Waals surface area contributed by atoms with Crippen LogP contribution in [0.2, 0.25) is 0 Å². The number of aryl methyl sites for hydroxylation is 2. The molecule has 0 aliphatic heterocycles. The van der Waals surface area contributed by atoms with Gasteiger partial charge in [-0.25, -0.2) is 0 Å². The highest BCUT2D eigenvalue weighted by Gasteiger charge is 2.04. The van der Waals surface area contributed by atoms with E-state index in [0.29, 0.717) is 6.04 Å². The molecule has 0 heterocycles. The van der Waals surface area contributed by atoms with E-state index in [1.807, 2.05) is 0 Å². The molecule has 0 amide bonds. The van der Waals surface area contributed by atoms with Gasteiger partial charge in [-0.2, -0.15) is 0 Å². The van der Waals surface area contributed by atoms with E-state index in [-0.39, 0.29) is 0 Å². The SMILES string of the molecule is CCc1ccc(CNC(C)c2ccc(CC)cc2)cc1. The van der Waals surface area contributed by atoms with E-state index in [1.165, 1.54) is 22.3 Å². The summed E-state index contributed by atoms with van der Waals surface area (Å²) >= 11 is 0. The van der Waals surface area contributed by atoms with Gasteiger partial charge in [0.15, 0.2) is 0 Å². The van der Waals surface area contributed by atoms with E-state index in [2.05, 4.69) is 74.6 Å². The average molecular weight is 267 g/mol. The Labute approximate surface area is 123 Å². The van der Waals surface area contributed by atoms with Crippen molar-refractivity contribution in [3.8, 4) is 0 Å². The van der Waals surface area contributed by atoms with Crippen LogP contribution < -0.4 is 5.32 Å². The predicted molar refractivity (Wildman–Crippen MR) is 86.9 cm³/mol. The topological polar surface area (TPSA) is 12.0 Å². The smallest absolute Gasteiger partial charge is 0.0294 e. The van der Waals surface area contributed by atoms with Crippen LogP contribution in [0.1, 0.15) is 49.1 Å². The van der Waals surface area contributed by atoms with E-state index < -0.39 is 0 Å². The molecule has 2 aromatic rings. The molecule has 0 saturated heterocycles. The average Bonchev–Trinajstić information content (AvgIpc) is 2.53. The van der Waals surface area contributed by atoms with E-state index in [0.717, 1.165) is 19.4 Å². The van der Waals surface area contributed by atoms with Gasteiger partial charge in [-0.1, -0.05) is 62.4 Å². The van der Waals surface area contributed by atoms with E-state index in [9.17, 15) is 0 Å². The van der Waals surface area contributed by atoms with Crippen molar-refractivity contribution in [1.82, 2.24) is 5.32 Å². The Bertz CT molecular complexity index is 510. The van der Waals surface area contributed by atoms with Gasteiger partial charge in [-0.15, -0.1) is 0 Å². The first kappa shape index (κ1) is 14.8. The molecule has 0 fully saturated rings. The van der Waals surface area contributed by atoms with E-state index in [1.54, 1.807) is 0 Å². The molecule has 0 aliphatic carbocycles. The largest absolute Gasteiger partial charge is 0.306 e. The normalized spacial score (nSPS) is 12.3. The minimum atomic E-state index is 0.381. The zero-order valence-electron chi connectivity index (χ0n) is 12.8. The summed E-state index contributed by atoms with van der Waals surface area (Å²) in [4.78, 5) is 0. The minimum absolute atomic E-state index is 0.381. The predicted octanol–water partition coefficient (Wildman–Crippen LogP) is 4.66. The van der Waals surface area contributed by atoms with Crippen molar-refractivity contribution in [2.45, 2.75) is 46.2 Å². The standard InChI is InChI=1S/C19H25N/c1-4-16-6-8-18(9-7-16)14-20-15(3)19-12-10-17(5-2)11-13-19/h6-13,15,20H,4-5,14H2,1-3H3. The molecule has 1 nitrogen and oxygen atoms in total. The van der Waals surface area contributed by atoms with Crippen LogP contribution >= 0.6 is 0 Å². The summed E-state index contributed by atoms with van der Waals surface area (Å²) in [6, 6.07) is 18.2. The lowest BCUT2D eigenvalue weighted by atomic mass is 10.0. The Morgan fingerprint density at radius 1 is 0.750 bits per heavy atom. The maximum absolute atomic E-state index is 3.59. The van der Waals surface area contributed by atoms with Gasteiger partial charge < -0.3 is 5.32 Å². The molecule has 1 atom stereocenters. The third-order valence-corrected chi connectivity index (χ3v) is 3.93. The third kappa shape index (κ3) is 3.94. The Hall–Kier alpha value is -1.60. The molecule has 2 aromatic carbocycles. The molecule has 106 valence electrons. The molecule has 0 spiro atoms. The van der Waals surface area contributed by atoms with Gasteiger partial charge in [0, 0.05) is 12.6 Å². The van der Waals surface area contributed by atoms with Gasteiger partial charge in [-0.05, 0) is 42.0 Å². The van der Waals surface area contributed by atoms with Crippen LogP contribution in [-0.2, 0) is 19.4 Å². The van der Waals surface area contributed by atoms with Gasteiger partial charge >= 0.3 is 0 Å². The molecule has 0 saturated carbocycles. The Morgan fingerprint density at radius 2 is 1.20 bits per heavy atom. The van der Waals surface area contributed by atoms with Gasteiger partial charge in [0.25, 0.3) is 0 Å². The molecule has 0 aliphatic rings. The van der Waals surface area contributed by atoms with Crippen molar-refractivity contribution in [2.75, 3.05) is 0 Å². The van der Waals surface area contributed by atoms with Crippen LogP contribution in [0.3, 0.4) is 0 Å². The molecule has 0 radical (unpaired) electrons. The van der Waals surface area contributed by atoms with Crippen molar-refractivity contribution in [2.24, 2.45) is 0 Å². The van der Waals surface area contributed by atoms with Crippen molar-refractivity contribution in [3.05, 3.63) is 70.8 Å². The number of hydrogen-bond donors (Lipinski definition) is 1. The molecule has 1 N–H and O–H groups in total. The third-order valence-electron chi connectivity index (χ3n) is 3.93. The summed E-state index contributed by atoms with van der Waals surface area (Å²) in [6.45, 7) is 7.52. The first-order valence-electron chi connectivity index (χ1n) is 7.63. The molecule has 0 bridgehead atoms. The Balaban J connectivity index is 1.91. The molecule has 20 heavy (non-hydrogen) atoms. The second-order valence-corrected chi connectivity index (χ2v) is 5.37. The fraction of sp³-hybridized carbons (Fsp3) is 0.368. The van der Waals surface area contributed by atoms with Crippen molar-refractivity contribution < 1.29 is 0 Å². The zero-order chi connectivity index (χ0) is 14.4. The summed E-state index contributed by atoms with van der Waals surface area (Å²) in [5.74, 6) is 0. The summed E-state index contributed by atoms with van der Waals surface area (Å²) in [7, 11) is 0. The fourth-order valence-corrected chi connectivity index (χ4v) is 2.32. The van der Waals surface area contributed by atoms with Crippen molar-refractivity contribution in [3.63, 3.8) is 0 Å². The summed E-state index contributed by atoms with van der Waals surface area (Å²) < 4.78 is 0. The first-order chi connectivity index (χ1) is 9.72. The second-order valence-electron chi connectivity index (χ2n) is 5.37. The van der Waals surface area contributed by atoms with Gasteiger partial charge in [0.1, 0.15) is 0 Å². The lowest BCUT2D eigenvalue weighted by Gasteiger charge is -2.15. The molecular formula is C19H25N.